The van der Waals surface area contributed by atoms with Gasteiger partial charge < -0.3 is 15.7 Å². The molecule has 0 spiro atoms. The Balaban J connectivity index is 1.83. The van der Waals surface area contributed by atoms with Crippen LogP contribution in [0.1, 0.15) is 35.2 Å². The first kappa shape index (κ1) is 25.1. The maximum atomic E-state index is 12.2. The van der Waals surface area contributed by atoms with Crippen LogP contribution in [0.2, 0.25) is 0 Å². The summed E-state index contributed by atoms with van der Waals surface area (Å²) in [6, 6.07) is 8.46. The van der Waals surface area contributed by atoms with E-state index in [1.165, 1.54) is 36.0 Å². The molecular formula is C20H26N5O6S+. The van der Waals surface area contributed by atoms with E-state index in [2.05, 4.69) is 20.7 Å². The molecule has 1 heterocycles. The molecule has 1 aromatic carbocycles. The van der Waals surface area contributed by atoms with Crippen molar-refractivity contribution in [2.24, 2.45) is 5.10 Å². The van der Waals surface area contributed by atoms with Gasteiger partial charge in [0.25, 0.3) is 21.8 Å². The quantitative estimate of drug-likeness (QED) is 0.0968. The summed E-state index contributed by atoms with van der Waals surface area (Å²) >= 11 is 0. The van der Waals surface area contributed by atoms with Crippen molar-refractivity contribution in [1.82, 2.24) is 15.6 Å². The van der Waals surface area contributed by atoms with Gasteiger partial charge in [0.05, 0.1) is 11.8 Å². The van der Waals surface area contributed by atoms with Crippen LogP contribution in [0.15, 0.2) is 52.6 Å². The Morgan fingerprint density at radius 3 is 2.59 bits per heavy atom. The lowest BCUT2D eigenvalue weighted by Crippen LogP contribution is -2.71. The van der Waals surface area contributed by atoms with Crippen LogP contribution in [0.3, 0.4) is 0 Å². The molecule has 1 atom stereocenters. The minimum atomic E-state index is -4.36. The number of carboxylic acid groups (broad SMARTS) is 1. The number of pyridine rings is 1. The number of nitrogens with two attached hydrogens (primary N) is 1. The maximum Gasteiger partial charge on any atom is 0.320 e. The van der Waals surface area contributed by atoms with Gasteiger partial charge in [0, 0.05) is 24.4 Å². The summed E-state index contributed by atoms with van der Waals surface area (Å²) in [5, 5.41) is 18.5. The molecule has 0 aliphatic carbocycles. The Morgan fingerprint density at radius 1 is 1.22 bits per heavy atom. The first-order valence-corrected chi connectivity index (χ1v) is 11.2. The van der Waals surface area contributed by atoms with Crippen molar-refractivity contribution in [3.8, 4) is 0 Å². The summed E-state index contributed by atoms with van der Waals surface area (Å²) in [7, 11) is -2.76. The molecule has 12 heteroatoms. The van der Waals surface area contributed by atoms with E-state index in [1.807, 2.05) is 0 Å². The molecule has 1 unspecified atom stereocenters. The van der Waals surface area contributed by atoms with Gasteiger partial charge in [-0.3, -0.25) is 14.1 Å². The summed E-state index contributed by atoms with van der Waals surface area (Å²) in [5.74, 6) is -0.738. The Morgan fingerprint density at radius 2 is 1.97 bits per heavy atom. The molecule has 11 nitrogen and oxygen atoms in total. The molecule has 2 rings (SSSR count). The molecule has 0 fully saturated rings. The van der Waals surface area contributed by atoms with Crippen molar-refractivity contribution in [1.29, 1.82) is 0 Å². The van der Waals surface area contributed by atoms with Crippen molar-refractivity contribution in [2.45, 2.75) is 30.2 Å². The fraction of sp³-hybridized carbons (Fsp3) is 0.300. The predicted octanol–water partition coefficient (Wildman–Crippen LogP) is 0.130. The smallest absolute Gasteiger partial charge is 0.320 e. The molecule has 1 amide bonds. The van der Waals surface area contributed by atoms with Crippen LogP contribution >= 0.6 is 0 Å². The lowest BCUT2D eigenvalue weighted by molar-refractivity contribution is -0.580. The summed E-state index contributed by atoms with van der Waals surface area (Å²) < 4.78 is 32.0. The van der Waals surface area contributed by atoms with E-state index >= 15 is 0 Å². The lowest BCUT2D eigenvalue weighted by Gasteiger charge is -2.10. The van der Waals surface area contributed by atoms with Gasteiger partial charge in [-0.1, -0.05) is 23.3 Å². The number of unbranched alkanes of at least 4 members (excludes halogenated alkanes) is 1. The first-order chi connectivity index (χ1) is 15.2. The highest BCUT2D eigenvalue weighted by atomic mass is 32.2. The van der Waals surface area contributed by atoms with Gasteiger partial charge in [-0.15, -0.1) is 0 Å². The zero-order chi connectivity index (χ0) is 23.6. The standard InChI is InChI=1S/C20H25N5O6S/c1-21-16(20(27)28)7-4-5-11-22-19(26)15-9-10-18(23-12-15)25-24-13-14-6-2-3-8-17(14)32(29,30)31/h2-3,6,8-10,12-13,16,21H,4-5,7,11H2,1H3,(H,22,26)(H,23,25)(H,27,28)(H,29,30,31)/p+1. The monoisotopic (exact) mass is 464 g/mol. The Labute approximate surface area is 185 Å². The van der Waals surface area contributed by atoms with Crippen LogP contribution in [0.4, 0.5) is 5.82 Å². The lowest BCUT2D eigenvalue weighted by atomic mass is 10.1. The number of aliphatic carboxylic acids is 1. The molecule has 0 aliphatic heterocycles. The second-order valence-electron chi connectivity index (χ2n) is 6.82. The number of nitrogens with zero attached hydrogens (tertiary/aromatic N) is 2. The number of hydrogen-bond donors (Lipinski definition) is 5. The van der Waals surface area contributed by atoms with E-state index in [0.29, 0.717) is 37.2 Å². The van der Waals surface area contributed by atoms with E-state index in [9.17, 15) is 22.6 Å². The number of likely N-dealkylation sites (N-methyl/N-ethyl adjacent to an activating group) is 1. The van der Waals surface area contributed by atoms with Gasteiger partial charge in [0.2, 0.25) is 0 Å². The third-order valence-corrected chi connectivity index (χ3v) is 5.45. The number of aromatic nitrogens is 1. The Bertz CT molecular complexity index is 1060. The highest BCUT2D eigenvalue weighted by Crippen LogP contribution is 2.12. The molecule has 32 heavy (non-hydrogen) atoms. The number of hydrogen-bond acceptors (Lipinski definition) is 7. The molecule has 0 bridgehead atoms. The predicted molar refractivity (Wildman–Crippen MR) is 116 cm³/mol. The number of quaternary nitrogens is 1. The highest BCUT2D eigenvalue weighted by Gasteiger charge is 2.14. The minimum absolute atomic E-state index is 0.228. The summed E-state index contributed by atoms with van der Waals surface area (Å²) in [5.41, 5.74) is 1.98. The molecule has 172 valence electrons. The van der Waals surface area contributed by atoms with Crippen LogP contribution in [-0.4, -0.2) is 60.8 Å². The van der Waals surface area contributed by atoms with Crippen molar-refractivity contribution >= 4 is 34.0 Å². The zero-order valence-electron chi connectivity index (χ0n) is 17.4. The molecule has 2 aromatic rings. The molecule has 1 aromatic heterocycles. The van der Waals surface area contributed by atoms with E-state index in [0.717, 1.165) is 0 Å². The third kappa shape index (κ3) is 7.81. The fourth-order valence-electron chi connectivity index (χ4n) is 2.80. The van der Waals surface area contributed by atoms with Crippen molar-refractivity contribution in [3.05, 3.63) is 53.7 Å². The van der Waals surface area contributed by atoms with Gasteiger partial charge >= 0.3 is 5.97 Å². The number of carboxylic acids is 1. The SMILES string of the molecule is CNC(CCCCNC(=O)c1ccc([NH2+]N=Cc2ccccc2S(=O)(=O)O)nc1)C(=O)O. The van der Waals surface area contributed by atoms with Gasteiger partial charge in [0.15, 0.2) is 0 Å². The van der Waals surface area contributed by atoms with Crippen LogP contribution in [0.25, 0.3) is 0 Å². The van der Waals surface area contributed by atoms with Gasteiger partial charge in [-0.05, 0) is 38.4 Å². The number of carbonyl (C=O) groups is 2. The van der Waals surface area contributed by atoms with E-state index in [-0.39, 0.29) is 16.4 Å². The average Bonchev–Trinajstić information content (AvgIpc) is 2.76. The number of amides is 1. The van der Waals surface area contributed by atoms with Crippen LogP contribution in [-0.2, 0) is 14.9 Å². The number of carbonyl (C=O) groups excluding carboxylic acids is 1. The van der Waals surface area contributed by atoms with E-state index in [1.54, 1.807) is 25.2 Å². The minimum Gasteiger partial charge on any atom is -0.480 e. The molecule has 0 saturated heterocycles. The summed E-state index contributed by atoms with van der Waals surface area (Å²) in [4.78, 5) is 27.0. The van der Waals surface area contributed by atoms with Gasteiger partial charge in [-0.25, -0.2) is 4.98 Å². The molecular weight excluding hydrogens is 438 g/mol. The maximum absolute atomic E-state index is 12.2. The average molecular weight is 465 g/mol. The number of nitrogens with one attached hydrogen (secondary N) is 2. The van der Waals surface area contributed by atoms with Gasteiger partial charge in [-0.2, -0.15) is 13.8 Å². The molecule has 0 saturated carbocycles. The first-order valence-electron chi connectivity index (χ1n) is 9.79. The second-order valence-corrected chi connectivity index (χ2v) is 8.21. The second kappa shape index (κ2) is 12.0. The zero-order valence-corrected chi connectivity index (χ0v) is 18.2. The summed E-state index contributed by atoms with van der Waals surface area (Å²) in [6.45, 7) is 0.417. The van der Waals surface area contributed by atoms with Crippen molar-refractivity contribution < 1.29 is 33.1 Å². The highest BCUT2D eigenvalue weighted by molar-refractivity contribution is 7.86. The van der Waals surface area contributed by atoms with Crippen LogP contribution < -0.4 is 16.1 Å². The van der Waals surface area contributed by atoms with E-state index in [4.69, 9.17) is 5.11 Å². The van der Waals surface area contributed by atoms with Crippen LogP contribution in [0, 0.1) is 0 Å². The number of rotatable bonds is 12. The topological polar surface area (TPSA) is 175 Å². The molecule has 0 radical (unpaired) electrons. The van der Waals surface area contributed by atoms with Gasteiger partial charge in [0.1, 0.15) is 10.9 Å². The Hall–Kier alpha value is -3.19. The third-order valence-electron chi connectivity index (χ3n) is 4.52. The summed E-state index contributed by atoms with van der Waals surface area (Å²) in [6.07, 6.45) is 4.46. The van der Waals surface area contributed by atoms with Crippen molar-refractivity contribution in [3.63, 3.8) is 0 Å². The van der Waals surface area contributed by atoms with Crippen LogP contribution in [0.5, 0.6) is 0 Å². The normalized spacial score (nSPS) is 12.6. The van der Waals surface area contributed by atoms with Crippen molar-refractivity contribution in [2.75, 3.05) is 13.6 Å². The number of benzene rings is 1. The largest absolute Gasteiger partial charge is 0.480 e. The molecule has 6 N–H and O–H groups in total. The Kier molecular flexibility index (Phi) is 9.40. The fourth-order valence-corrected chi connectivity index (χ4v) is 3.47. The molecule has 0 aliphatic rings. The van der Waals surface area contributed by atoms with E-state index < -0.39 is 22.1 Å².